The Bertz CT molecular complexity index is 1100. The second kappa shape index (κ2) is 7.54. The van der Waals surface area contributed by atoms with E-state index in [2.05, 4.69) is 5.10 Å². The zero-order valence-corrected chi connectivity index (χ0v) is 15.8. The summed E-state index contributed by atoms with van der Waals surface area (Å²) in [5.74, 6) is -5.33. The van der Waals surface area contributed by atoms with E-state index in [-0.39, 0.29) is 6.54 Å². The van der Waals surface area contributed by atoms with E-state index < -0.39 is 40.7 Å². The molecule has 0 atom stereocenters. The van der Waals surface area contributed by atoms with Gasteiger partial charge in [-0.25, -0.2) is 0 Å². The van der Waals surface area contributed by atoms with E-state index >= 15 is 0 Å². The molecule has 0 amide bonds. The highest BCUT2D eigenvalue weighted by Crippen LogP contribution is 2.47. The lowest BCUT2D eigenvalue weighted by molar-refractivity contribution is -0.289. The van der Waals surface area contributed by atoms with Gasteiger partial charge in [-0.2, -0.15) is 40.2 Å². The van der Waals surface area contributed by atoms with Crippen molar-refractivity contribution in [3.63, 3.8) is 0 Å². The van der Waals surface area contributed by atoms with Crippen molar-refractivity contribution in [1.82, 2.24) is 9.78 Å². The Hall–Kier alpha value is -3.11. The van der Waals surface area contributed by atoms with Gasteiger partial charge in [0.2, 0.25) is 0 Å². The molecule has 3 aromatic rings. The molecule has 2 aromatic carbocycles. The van der Waals surface area contributed by atoms with Gasteiger partial charge >= 0.3 is 18.3 Å². The van der Waals surface area contributed by atoms with Crippen molar-refractivity contribution in [3.05, 3.63) is 70.9 Å². The van der Waals surface area contributed by atoms with Gasteiger partial charge in [0.05, 0.1) is 17.7 Å². The number of anilines is 1. The van der Waals surface area contributed by atoms with E-state index in [0.717, 1.165) is 16.8 Å². The number of nitrogens with two attached hydrogens (primary N) is 1. The van der Waals surface area contributed by atoms with Gasteiger partial charge in [0.1, 0.15) is 5.69 Å². The summed E-state index contributed by atoms with van der Waals surface area (Å²) >= 11 is 0. The minimum absolute atomic E-state index is 0.193. The topological polar surface area (TPSA) is 43.8 Å². The van der Waals surface area contributed by atoms with Crippen LogP contribution in [0.3, 0.4) is 0 Å². The van der Waals surface area contributed by atoms with Crippen LogP contribution in [0, 0.1) is 6.92 Å². The molecule has 0 spiro atoms. The summed E-state index contributed by atoms with van der Waals surface area (Å²) in [6, 6.07) is 7.74. The Kier molecular flexibility index (Phi) is 5.49. The Morgan fingerprint density at radius 1 is 0.935 bits per heavy atom. The van der Waals surface area contributed by atoms with Gasteiger partial charge in [-0.15, -0.1) is 0 Å². The van der Waals surface area contributed by atoms with Crippen LogP contribution in [0.2, 0.25) is 0 Å². The summed E-state index contributed by atoms with van der Waals surface area (Å²) in [5.41, 5.74) is 3.18. The quantitative estimate of drug-likeness (QED) is 0.383. The SMILES string of the molecule is Cc1cc(Cn2cc(C(F)(F)C(F)(F)F)c(-c3cccc(C(F)(F)F)c3)n2)ccc1N. The molecule has 3 nitrogen and oxygen atoms in total. The Labute approximate surface area is 171 Å². The molecule has 11 heteroatoms. The smallest absolute Gasteiger partial charge is 0.399 e. The molecule has 0 aliphatic heterocycles. The van der Waals surface area contributed by atoms with Crippen molar-refractivity contribution in [1.29, 1.82) is 0 Å². The first-order valence-corrected chi connectivity index (χ1v) is 8.75. The van der Waals surface area contributed by atoms with Gasteiger partial charge in [-0.3, -0.25) is 4.68 Å². The van der Waals surface area contributed by atoms with Crippen LogP contribution in [0.5, 0.6) is 0 Å². The fourth-order valence-electron chi connectivity index (χ4n) is 2.96. The molecule has 0 unspecified atom stereocenters. The van der Waals surface area contributed by atoms with Crippen LogP contribution in [0.4, 0.5) is 40.8 Å². The molecule has 0 saturated heterocycles. The number of halogens is 8. The molecule has 166 valence electrons. The van der Waals surface area contributed by atoms with Gasteiger partial charge < -0.3 is 5.73 Å². The Morgan fingerprint density at radius 2 is 1.61 bits per heavy atom. The Balaban J connectivity index is 2.14. The molecule has 2 N–H and O–H groups in total. The van der Waals surface area contributed by atoms with Crippen LogP contribution in [-0.4, -0.2) is 16.0 Å². The fourth-order valence-corrected chi connectivity index (χ4v) is 2.96. The Morgan fingerprint density at radius 3 is 2.19 bits per heavy atom. The molecule has 1 heterocycles. The summed E-state index contributed by atoms with van der Waals surface area (Å²) < 4.78 is 107. The third-order valence-electron chi connectivity index (χ3n) is 4.60. The molecule has 31 heavy (non-hydrogen) atoms. The average molecular weight is 449 g/mol. The standard InChI is InChI=1S/C20H15F8N3/c1-11-7-12(5-6-16(11)29)9-31-10-15(18(21,22)20(26,27)28)17(30-31)13-3-2-4-14(8-13)19(23,24)25/h2-8,10H,9,29H2,1H3. The van der Waals surface area contributed by atoms with E-state index in [4.69, 9.17) is 5.73 Å². The number of alkyl halides is 8. The third kappa shape index (κ3) is 4.49. The maximum atomic E-state index is 14.2. The van der Waals surface area contributed by atoms with Gasteiger partial charge in [0.15, 0.2) is 0 Å². The summed E-state index contributed by atoms with van der Waals surface area (Å²) in [4.78, 5) is 0. The van der Waals surface area contributed by atoms with Crippen LogP contribution in [0.25, 0.3) is 11.3 Å². The van der Waals surface area contributed by atoms with Gasteiger partial charge in [0, 0.05) is 17.4 Å². The number of hydrogen-bond acceptors (Lipinski definition) is 2. The number of rotatable bonds is 4. The highest BCUT2D eigenvalue weighted by Gasteiger charge is 2.60. The van der Waals surface area contributed by atoms with Gasteiger partial charge in [-0.1, -0.05) is 24.3 Å². The van der Waals surface area contributed by atoms with Crippen molar-refractivity contribution in [3.8, 4) is 11.3 Å². The predicted octanol–water partition coefficient (Wildman–Crippen LogP) is 6.16. The second-order valence-electron chi connectivity index (χ2n) is 6.93. The van der Waals surface area contributed by atoms with Crippen LogP contribution in [0.1, 0.15) is 22.3 Å². The number of aromatic nitrogens is 2. The normalized spacial score (nSPS) is 12.9. The molecule has 0 fully saturated rings. The van der Waals surface area contributed by atoms with Crippen molar-refractivity contribution >= 4 is 5.69 Å². The monoisotopic (exact) mass is 449 g/mol. The van der Waals surface area contributed by atoms with E-state index in [1.807, 2.05) is 0 Å². The lowest BCUT2D eigenvalue weighted by Crippen LogP contribution is -2.33. The van der Waals surface area contributed by atoms with Crippen LogP contribution < -0.4 is 5.73 Å². The first kappa shape index (κ1) is 22.6. The largest absolute Gasteiger partial charge is 0.458 e. The van der Waals surface area contributed by atoms with Crippen molar-refractivity contribution in [2.24, 2.45) is 0 Å². The minimum Gasteiger partial charge on any atom is -0.399 e. The molecule has 0 radical (unpaired) electrons. The molecule has 3 rings (SSSR count). The molecular formula is C20H15F8N3. The lowest BCUT2D eigenvalue weighted by atomic mass is 10.0. The molecule has 0 bridgehead atoms. The van der Waals surface area contributed by atoms with Gasteiger partial charge in [0.25, 0.3) is 0 Å². The summed E-state index contributed by atoms with van der Waals surface area (Å²) in [6.45, 7) is 1.49. The summed E-state index contributed by atoms with van der Waals surface area (Å²) in [7, 11) is 0. The lowest BCUT2D eigenvalue weighted by Gasteiger charge is -2.19. The maximum absolute atomic E-state index is 14.2. The van der Waals surface area contributed by atoms with Crippen molar-refractivity contribution in [2.75, 3.05) is 5.73 Å². The molecule has 0 saturated carbocycles. The van der Waals surface area contributed by atoms with Crippen LogP contribution >= 0.6 is 0 Å². The zero-order chi connectivity index (χ0) is 23.2. The highest BCUT2D eigenvalue weighted by atomic mass is 19.4. The second-order valence-corrected chi connectivity index (χ2v) is 6.93. The molecule has 0 aliphatic carbocycles. The number of nitrogens with zero attached hydrogens (tertiary/aromatic N) is 2. The van der Waals surface area contributed by atoms with E-state index in [1.165, 1.54) is 12.1 Å². The van der Waals surface area contributed by atoms with E-state index in [0.29, 0.717) is 35.1 Å². The van der Waals surface area contributed by atoms with Crippen LogP contribution in [0.15, 0.2) is 48.7 Å². The number of benzene rings is 2. The predicted molar refractivity (Wildman–Crippen MR) is 97.3 cm³/mol. The number of aryl methyl sites for hydroxylation is 1. The fraction of sp³-hybridized carbons (Fsp3) is 0.250. The molecular weight excluding hydrogens is 434 g/mol. The van der Waals surface area contributed by atoms with Crippen LogP contribution in [-0.2, 0) is 18.6 Å². The van der Waals surface area contributed by atoms with Gasteiger partial charge in [-0.05, 0) is 36.2 Å². The van der Waals surface area contributed by atoms with E-state index in [9.17, 15) is 35.1 Å². The number of nitrogen functional groups attached to an aromatic ring is 1. The molecule has 0 aliphatic rings. The first-order chi connectivity index (χ1) is 14.2. The minimum atomic E-state index is -5.96. The average Bonchev–Trinajstić information content (AvgIpc) is 3.08. The summed E-state index contributed by atoms with van der Waals surface area (Å²) in [5, 5.41) is 3.77. The van der Waals surface area contributed by atoms with E-state index in [1.54, 1.807) is 13.0 Å². The van der Waals surface area contributed by atoms with Crippen molar-refractivity contribution in [2.45, 2.75) is 31.7 Å². The maximum Gasteiger partial charge on any atom is 0.458 e. The van der Waals surface area contributed by atoms with Crippen molar-refractivity contribution < 1.29 is 35.1 Å². The zero-order valence-electron chi connectivity index (χ0n) is 15.8. The number of hydrogen-bond donors (Lipinski definition) is 1. The first-order valence-electron chi connectivity index (χ1n) is 8.75. The highest BCUT2D eigenvalue weighted by molar-refractivity contribution is 5.65. The third-order valence-corrected chi connectivity index (χ3v) is 4.60. The summed E-state index contributed by atoms with van der Waals surface area (Å²) in [6.07, 6.45) is -10.3. The molecule has 1 aromatic heterocycles.